The van der Waals surface area contributed by atoms with E-state index in [0.717, 1.165) is 25.5 Å². The van der Waals surface area contributed by atoms with Crippen LogP contribution in [0.2, 0.25) is 0 Å². The average Bonchev–Trinajstić information content (AvgIpc) is 2.99. The fourth-order valence-electron chi connectivity index (χ4n) is 3.64. The van der Waals surface area contributed by atoms with E-state index in [1.807, 2.05) is 11.3 Å². The maximum absolute atomic E-state index is 5.76. The van der Waals surface area contributed by atoms with Crippen molar-refractivity contribution in [2.75, 3.05) is 18.8 Å². The number of hydrogen-bond acceptors (Lipinski definition) is 6. The first-order chi connectivity index (χ1) is 11.3. The van der Waals surface area contributed by atoms with Gasteiger partial charge in [-0.2, -0.15) is 0 Å². The van der Waals surface area contributed by atoms with Crippen molar-refractivity contribution >= 4 is 17.2 Å². The van der Waals surface area contributed by atoms with E-state index in [0.29, 0.717) is 11.7 Å². The summed E-state index contributed by atoms with van der Waals surface area (Å²) >= 11 is 1.96. The van der Waals surface area contributed by atoms with Crippen LogP contribution < -0.4 is 5.73 Å². The second kappa shape index (κ2) is 6.53. The van der Waals surface area contributed by atoms with Gasteiger partial charge in [0, 0.05) is 23.5 Å². The molecular weight excluding hydrogens is 306 g/mol. The number of aryl methyl sites for hydroxylation is 2. The SMILES string of the molecule is Nc1ccnc(CN2CCCC(c3nc4c(s3)CCCC4)C2)n1. The van der Waals surface area contributed by atoms with E-state index < -0.39 is 0 Å². The van der Waals surface area contributed by atoms with Crippen LogP contribution in [-0.4, -0.2) is 32.9 Å². The third-order valence-corrected chi connectivity index (χ3v) is 6.13. The Bertz CT molecular complexity index is 660. The molecule has 1 aliphatic carbocycles. The minimum Gasteiger partial charge on any atom is -0.384 e. The fourth-order valence-corrected chi connectivity index (χ4v) is 4.92. The molecule has 0 spiro atoms. The topological polar surface area (TPSA) is 67.9 Å². The van der Waals surface area contributed by atoms with Crippen molar-refractivity contribution < 1.29 is 0 Å². The molecule has 5 nitrogen and oxygen atoms in total. The van der Waals surface area contributed by atoms with Gasteiger partial charge < -0.3 is 5.73 Å². The number of piperidine rings is 1. The Morgan fingerprint density at radius 1 is 1.22 bits per heavy atom. The van der Waals surface area contributed by atoms with Gasteiger partial charge in [-0.15, -0.1) is 11.3 Å². The molecular formula is C17H23N5S. The van der Waals surface area contributed by atoms with Gasteiger partial charge in [0.1, 0.15) is 11.6 Å². The summed E-state index contributed by atoms with van der Waals surface area (Å²) in [5.74, 6) is 1.95. The first kappa shape index (κ1) is 15.0. The van der Waals surface area contributed by atoms with Gasteiger partial charge in [0.25, 0.3) is 0 Å². The molecule has 1 fully saturated rings. The van der Waals surface area contributed by atoms with E-state index >= 15 is 0 Å². The minimum absolute atomic E-state index is 0.552. The fraction of sp³-hybridized carbons (Fsp3) is 0.588. The number of nitrogen functional groups attached to an aromatic ring is 1. The van der Waals surface area contributed by atoms with Crippen LogP contribution in [0.4, 0.5) is 5.82 Å². The van der Waals surface area contributed by atoms with E-state index in [4.69, 9.17) is 10.7 Å². The van der Waals surface area contributed by atoms with Gasteiger partial charge in [0.2, 0.25) is 0 Å². The van der Waals surface area contributed by atoms with Crippen LogP contribution in [0, 0.1) is 0 Å². The van der Waals surface area contributed by atoms with Crippen molar-refractivity contribution in [3.8, 4) is 0 Å². The Labute approximate surface area is 141 Å². The monoisotopic (exact) mass is 329 g/mol. The van der Waals surface area contributed by atoms with E-state index in [9.17, 15) is 0 Å². The van der Waals surface area contributed by atoms with Crippen molar-refractivity contribution in [2.24, 2.45) is 0 Å². The predicted octanol–water partition coefficient (Wildman–Crippen LogP) is 2.77. The maximum atomic E-state index is 5.76. The van der Waals surface area contributed by atoms with Crippen molar-refractivity contribution in [1.29, 1.82) is 0 Å². The van der Waals surface area contributed by atoms with Crippen molar-refractivity contribution in [3.63, 3.8) is 0 Å². The summed E-state index contributed by atoms with van der Waals surface area (Å²) in [7, 11) is 0. The quantitative estimate of drug-likeness (QED) is 0.938. The average molecular weight is 329 g/mol. The standard InChI is InChI=1S/C17H23N5S/c18-15-7-8-19-16(21-15)11-22-9-3-4-12(10-22)17-20-13-5-1-2-6-14(13)23-17/h7-8,12H,1-6,9-11H2,(H2,18,19,21). The van der Waals surface area contributed by atoms with E-state index in [2.05, 4.69) is 14.9 Å². The van der Waals surface area contributed by atoms with Crippen molar-refractivity contribution in [3.05, 3.63) is 33.7 Å². The molecule has 23 heavy (non-hydrogen) atoms. The van der Waals surface area contributed by atoms with Gasteiger partial charge in [0.05, 0.1) is 17.2 Å². The molecule has 1 saturated heterocycles. The highest BCUT2D eigenvalue weighted by Crippen LogP contribution is 2.34. The summed E-state index contributed by atoms with van der Waals surface area (Å²) in [5.41, 5.74) is 7.14. The van der Waals surface area contributed by atoms with Crippen LogP contribution in [0.5, 0.6) is 0 Å². The van der Waals surface area contributed by atoms with Crippen LogP contribution in [0.1, 0.15) is 53.0 Å². The Balaban J connectivity index is 1.45. The van der Waals surface area contributed by atoms with Crippen LogP contribution in [-0.2, 0) is 19.4 Å². The molecule has 6 heteroatoms. The molecule has 0 bridgehead atoms. The number of anilines is 1. The predicted molar refractivity (Wildman–Crippen MR) is 92.5 cm³/mol. The summed E-state index contributed by atoms with van der Waals surface area (Å²) in [4.78, 5) is 17.6. The van der Waals surface area contributed by atoms with Gasteiger partial charge in [-0.05, 0) is 51.1 Å². The van der Waals surface area contributed by atoms with Gasteiger partial charge in [-0.25, -0.2) is 15.0 Å². The first-order valence-electron chi connectivity index (χ1n) is 8.56. The zero-order chi connectivity index (χ0) is 15.6. The molecule has 2 N–H and O–H groups in total. The molecule has 1 atom stereocenters. The largest absolute Gasteiger partial charge is 0.384 e. The zero-order valence-corrected chi connectivity index (χ0v) is 14.2. The smallest absolute Gasteiger partial charge is 0.144 e. The minimum atomic E-state index is 0.552. The van der Waals surface area contributed by atoms with Gasteiger partial charge in [-0.3, -0.25) is 4.90 Å². The molecule has 4 rings (SSSR count). The van der Waals surface area contributed by atoms with Gasteiger partial charge in [0.15, 0.2) is 0 Å². The van der Waals surface area contributed by atoms with E-state index in [1.165, 1.54) is 49.2 Å². The zero-order valence-electron chi connectivity index (χ0n) is 13.4. The number of nitrogens with two attached hydrogens (primary N) is 1. The number of likely N-dealkylation sites (tertiary alicyclic amines) is 1. The lowest BCUT2D eigenvalue weighted by Gasteiger charge is -2.31. The van der Waals surface area contributed by atoms with Crippen LogP contribution >= 0.6 is 11.3 Å². The summed E-state index contributed by atoms with van der Waals surface area (Å²) in [6.07, 6.45) is 9.27. The number of fused-ring (bicyclic) bond motifs is 1. The Morgan fingerprint density at radius 3 is 3.00 bits per heavy atom. The highest BCUT2D eigenvalue weighted by atomic mass is 32.1. The number of aromatic nitrogens is 3. The second-order valence-corrected chi connectivity index (χ2v) is 7.72. The second-order valence-electron chi connectivity index (χ2n) is 6.60. The highest BCUT2D eigenvalue weighted by Gasteiger charge is 2.26. The molecule has 1 unspecified atom stereocenters. The summed E-state index contributed by atoms with van der Waals surface area (Å²) in [6, 6.07) is 1.74. The highest BCUT2D eigenvalue weighted by molar-refractivity contribution is 7.11. The third-order valence-electron chi connectivity index (χ3n) is 4.81. The van der Waals surface area contributed by atoms with Gasteiger partial charge >= 0.3 is 0 Å². The molecule has 0 radical (unpaired) electrons. The number of hydrogen-bond donors (Lipinski definition) is 1. The molecule has 0 saturated carbocycles. The van der Waals surface area contributed by atoms with Crippen LogP contribution in [0.15, 0.2) is 12.3 Å². The van der Waals surface area contributed by atoms with Gasteiger partial charge in [-0.1, -0.05) is 0 Å². The normalized spacial score (nSPS) is 22.0. The Kier molecular flexibility index (Phi) is 4.27. The lowest BCUT2D eigenvalue weighted by atomic mass is 9.98. The molecule has 3 heterocycles. The molecule has 0 amide bonds. The number of nitrogens with zero attached hydrogens (tertiary/aromatic N) is 4. The van der Waals surface area contributed by atoms with E-state index in [-0.39, 0.29) is 0 Å². The molecule has 2 aromatic heterocycles. The summed E-state index contributed by atoms with van der Waals surface area (Å²) < 4.78 is 0. The van der Waals surface area contributed by atoms with E-state index in [1.54, 1.807) is 17.1 Å². The first-order valence-corrected chi connectivity index (χ1v) is 9.38. The maximum Gasteiger partial charge on any atom is 0.144 e. The molecule has 0 aromatic carbocycles. The Morgan fingerprint density at radius 2 is 2.13 bits per heavy atom. The van der Waals surface area contributed by atoms with Crippen molar-refractivity contribution in [2.45, 2.75) is 51.0 Å². The molecule has 2 aromatic rings. The number of thiazole rings is 1. The van der Waals surface area contributed by atoms with Crippen LogP contribution in [0.25, 0.3) is 0 Å². The number of rotatable bonds is 3. The Hall–Kier alpha value is -1.53. The summed E-state index contributed by atoms with van der Waals surface area (Å²) in [6.45, 7) is 2.96. The van der Waals surface area contributed by atoms with Crippen LogP contribution in [0.3, 0.4) is 0 Å². The third kappa shape index (κ3) is 3.38. The summed E-state index contributed by atoms with van der Waals surface area (Å²) in [5, 5.41) is 1.36. The van der Waals surface area contributed by atoms with Crippen molar-refractivity contribution in [1.82, 2.24) is 19.9 Å². The molecule has 2 aliphatic rings. The lowest BCUT2D eigenvalue weighted by Crippen LogP contribution is -2.34. The lowest BCUT2D eigenvalue weighted by molar-refractivity contribution is 0.195. The molecule has 1 aliphatic heterocycles. The molecule has 122 valence electrons.